The third-order valence-corrected chi connectivity index (χ3v) is 1.74. The first-order valence-corrected chi connectivity index (χ1v) is 7.15. The Balaban J connectivity index is -0.000000125. The van der Waals surface area contributed by atoms with Gasteiger partial charge in [-0.05, 0) is 27.7 Å². The summed E-state index contributed by atoms with van der Waals surface area (Å²) in [6.45, 7) is 16.4. The average Bonchev–Trinajstić information content (AvgIpc) is 2.48. The minimum absolute atomic E-state index is 0.176. The second kappa shape index (κ2) is 20.6. The monoisotopic (exact) mass is 378 g/mol. The van der Waals surface area contributed by atoms with Gasteiger partial charge >= 0.3 is 17.9 Å². The SMILES string of the molecule is C=C(C)C(=O)O.C=C(C)C(=O)O.C=C(C)C(=O)O.COCCOC(C)O. The molecule has 26 heavy (non-hydrogen) atoms. The maximum atomic E-state index is 9.60. The summed E-state index contributed by atoms with van der Waals surface area (Å²) < 4.78 is 9.37. The van der Waals surface area contributed by atoms with E-state index in [0.717, 1.165) is 0 Å². The quantitative estimate of drug-likeness (QED) is 0.296. The average molecular weight is 378 g/mol. The van der Waals surface area contributed by atoms with Gasteiger partial charge in [0, 0.05) is 23.8 Å². The van der Waals surface area contributed by atoms with E-state index in [1.54, 1.807) is 14.0 Å². The van der Waals surface area contributed by atoms with Gasteiger partial charge in [0.05, 0.1) is 13.2 Å². The molecule has 0 aromatic carbocycles. The molecule has 4 N–H and O–H groups in total. The van der Waals surface area contributed by atoms with Gasteiger partial charge in [0.25, 0.3) is 0 Å². The number of carboxylic acid groups (broad SMARTS) is 3. The summed E-state index contributed by atoms with van der Waals surface area (Å²) in [4.78, 5) is 28.8. The molecule has 0 saturated heterocycles. The van der Waals surface area contributed by atoms with Crippen molar-refractivity contribution in [2.45, 2.75) is 34.0 Å². The zero-order chi connectivity index (χ0) is 21.9. The second-order valence-electron chi connectivity index (χ2n) is 4.72. The van der Waals surface area contributed by atoms with Crippen molar-refractivity contribution < 1.29 is 44.3 Å². The molecule has 0 spiro atoms. The fourth-order valence-electron chi connectivity index (χ4n) is 0.302. The molecule has 9 nitrogen and oxygen atoms in total. The maximum Gasteiger partial charge on any atom is 0.330 e. The Morgan fingerprint density at radius 2 is 1.04 bits per heavy atom. The van der Waals surface area contributed by atoms with E-state index < -0.39 is 24.2 Å². The Hall–Kier alpha value is -2.49. The molecular formula is C17H30O9. The molecular weight excluding hydrogens is 348 g/mol. The van der Waals surface area contributed by atoms with Crippen LogP contribution < -0.4 is 0 Å². The van der Waals surface area contributed by atoms with Crippen LogP contribution in [-0.4, -0.2) is 64.9 Å². The Morgan fingerprint density at radius 3 is 1.15 bits per heavy atom. The molecule has 1 atom stereocenters. The van der Waals surface area contributed by atoms with Gasteiger partial charge in [-0.25, -0.2) is 14.4 Å². The van der Waals surface area contributed by atoms with Gasteiger partial charge in [-0.15, -0.1) is 0 Å². The molecule has 0 radical (unpaired) electrons. The predicted molar refractivity (Wildman–Crippen MR) is 96.9 cm³/mol. The van der Waals surface area contributed by atoms with Crippen molar-refractivity contribution >= 4 is 17.9 Å². The lowest BCUT2D eigenvalue weighted by Gasteiger charge is -2.03. The Kier molecular flexibility index (Phi) is 24.7. The van der Waals surface area contributed by atoms with Crippen LogP contribution in [0, 0.1) is 0 Å². The van der Waals surface area contributed by atoms with E-state index in [1.807, 2.05) is 0 Å². The van der Waals surface area contributed by atoms with E-state index in [-0.39, 0.29) is 16.7 Å². The van der Waals surface area contributed by atoms with Crippen LogP contribution in [0.1, 0.15) is 27.7 Å². The lowest BCUT2D eigenvalue weighted by Crippen LogP contribution is -2.10. The molecule has 0 fully saturated rings. The number of hydrogen-bond donors (Lipinski definition) is 4. The Labute approximate surface area is 153 Å². The van der Waals surface area contributed by atoms with Gasteiger partial charge in [0.2, 0.25) is 0 Å². The van der Waals surface area contributed by atoms with E-state index in [9.17, 15) is 14.4 Å². The van der Waals surface area contributed by atoms with E-state index in [0.29, 0.717) is 13.2 Å². The molecule has 0 aromatic heterocycles. The predicted octanol–water partition coefficient (Wildman–Crippen LogP) is 1.93. The third-order valence-electron chi connectivity index (χ3n) is 1.74. The normalized spacial score (nSPS) is 9.46. The van der Waals surface area contributed by atoms with Gasteiger partial charge in [0.15, 0.2) is 6.29 Å². The van der Waals surface area contributed by atoms with Crippen LogP contribution in [0.25, 0.3) is 0 Å². The molecule has 0 aliphatic heterocycles. The van der Waals surface area contributed by atoms with Crippen molar-refractivity contribution in [2.75, 3.05) is 20.3 Å². The molecule has 1 unspecified atom stereocenters. The van der Waals surface area contributed by atoms with Crippen LogP contribution in [0.4, 0.5) is 0 Å². The minimum Gasteiger partial charge on any atom is -0.478 e. The van der Waals surface area contributed by atoms with Crippen LogP contribution in [0.15, 0.2) is 36.5 Å². The summed E-state index contributed by atoms with van der Waals surface area (Å²) >= 11 is 0. The van der Waals surface area contributed by atoms with E-state index >= 15 is 0 Å². The number of carboxylic acids is 3. The minimum atomic E-state index is -0.935. The number of carbonyl (C=O) groups is 3. The van der Waals surface area contributed by atoms with Crippen molar-refractivity contribution in [3.63, 3.8) is 0 Å². The largest absolute Gasteiger partial charge is 0.478 e. The number of aliphatic hydroxyl groups excluding tert-OH is 1. The maximum absolute atomic E-state index is 9.60. The molecule has 152 valence electrons. The lowest BCUT2D eigenvalue weighted by molar-refractivity contribution is -0.133. The van der Waals surface area contributed by atoms with Gasteiger partial charge in [0.1, 0.15) is 0 Å². The van der Waals surface area contributed by atoms with Gasteiger partial charge < -0.3 is 29.9 Å². The first-order valence-electron chi connectivity index (χ1n) is 7.15. The summed E-state index contributed by atoms with van der Waals surface area (Å²) in [5.41, 5.74) is 0.528. The molecule has 0 aliphatic rings. The first kappa shape index (κ1) is 31.3. The molecule has 0 aromatic rings. The smallest absolute Gasteiger partial charge is 0.330 e. The highest BCUT2D eigenvalue weighted by atomic mass is 16.6. The number of rotatable bonds is 7. The zero-order valence-corrected chi connectivity index (χ0v) is 15.9. The summed E-state index contributed by atoms with van der Waals surface area (Å²) in [6, 6.07) is 0. The zero-order valence-electron chi connectivity index (χ0n) is 15.9. The number of hydrogen-bond acceptors (Lipinski definition) is 6. The topological polar surface area (TPSA) is 151 Å². The number of ether oxygens (including phenoxy) is 2. The molecule has 0 heterocycles. The van der Waals surface area contributed by atoms with E-state index in [2.05, 4.69) is 24.5 Å². The fraction of sp³-hybridized carbons (Fsp3) is 0.471. The van der Waals surface area contributed by atoms with Crippen molar-refractivity contribution in [2.24, 2.45) is 0 Å². The van der Waals surface area contributed by atoms with Crippen LogP contribution in [-0.2, 0) is 23.9 Å². The standard InChI is InChI=1S/C5H12O3.3C4H6O2/c1-5(6)8-4-3-7-2;3*1-3(2)4(5)6/h5-6H,3-4H2,1-2H3;3*1H2,2H3,(H,5,6). The van der Waals surface area contributed by atoms with Crippen molar-refractivity contribution in [3.05, 3.63) is 36.5 Å². The molecule has 0 amide bonds. The second-order valence-corrected chi connectivity index (χ2v) is 4.72. The number of aliphatic hydroxyl groups is 1. The highest BCUT2D eigenvalue weighted by Crippen LogP contribution is 1.82. The summed E-state index contributed by atoms with van der Waals surface area (Å²) in [5, 5.41) is 32.2. The lowest BCUT2D eigenvalue weighted by atomic mass is 10.4. The van der Waals surface area contributed by atoms with Crippen molar-refractivity contribution in [1.82, 2.24) is 0 Å². The number of methoxy groups -OCH3 is 1. The summed E-state index contributed by atoms with van der Waals surface area (Å²) in [7, 11) is 1.59. The fourth-order valence-corrected chi connectivity index (χ4v) is 0.302. The third kappa shape index (κ3) is 43.0. The molecule has 0 saturated carbocycles. The highest BCUT2D eigenvalue weighted by Gasteiger charge is 1.92. The van der Waals surface area contributed by atoms with E-state index in [1.165, 1.54) is 20.8 Å². The summed E-state index contributed by atoms with van der Waals surface area (Å²) in [5.74, 6) is -2.81. The molecule has 0 bridgehead atoms. The first-order chi connectivity index (χ1) is 11.7. The molecule has 9 heteroatoms. The Bertz CT molecular complexity index is 372. The van der Waals surface area contributed by atoms with Gasteiger partial charge in [-0.3, -0.25) is 0 Å². The van der Waals surface area contributed by atoms with Crippen LogP contribution in [0.3, 0.4) is 0 Å². The van der Waals surface area contributed by atoms with Crippen molar-refractivity contribution in [3.8, 4) is 0 Å². The van der Waals surface area contributed by atoms with Crippen LogP contribution in [0.2, 0.25) is 0 Å². The highest BCUT2D eigenvalue weighted by molar-refractivity contribution is 5.85. The Morgan fingerprint density at radius 1 is 0.808 bits per heavy atom. The van der Waals surface area contributed by atoms with Gasteiger partial charge in [-0.2, -0.15) is 0 Å². The van der Waals surface area contributed by atoms with Gasteiger partial charge in [-0.1, -0.05) is 19.7 Å². The summed E-state index contributed by atoms with van der Waals surface area (Å²) in [6.07, 6.45) is -0.676. The van der Waals surface area contributed by atoms with Crippen molar-refractivity contribution in [1.29, 1.82) is 0 Å². The van der Waals surface area contributed by atoms with Crippen LogP contribution in [0.5, 0.6) is 0 Å². The van der Waals surface area contributed by atoms with Crippen LogP contribution >= 0.6 is 0 Å². The van der Waals surface area contributed by atoms with E-state index in [4.69, 9.17) is 25.2 Å². The molecule has 0 rings (SSSR count). The molecule has 0 aliphatic carbocycles. The number of aliphatic carboxylic acids is 3.